The second kappa shape index (κ2) is 14.0. The van der Waals surface area contributed by atoms with Gasteiger partial charge in [-0.1, -0.05) is 45.4 Å². The van der Waals surface area contributed by atoms with Crippen molar-refractivity contribution in [3.8, 4) is 5.75 Å². The summed E-state index contributed by atoms with van der Waals surface area (Å²) in [6.45, 7) is 1.91. The SMILES string of the molecule is CCCCCCCCCOc1ccc(/C=N\N(CC(=O)O)CC(=O)O)cc1Br. The standard InChI is InChI=1S/C20H29BrN2O5/c1-2-3-4-5-6-7-8-11-28-18-10-9-16(12-17(18)21)13-22-23(14-19(24)25)15-20(26)27/h9-10,12-13H,2-8,11,14-15H2,1H3,(H,24,25)(H,26,27)/b22-13-. The zero-order chi connectivity index (χ0) is 20.8. The molecule has 1 aromatic rings. The third-order valence-electron chi connectivity index (χ3n) is 3.97. The van der Waals surface area contributed by atoms with Crippen LogP contribution in [0.3, 0.4) is 0 Å². The van der Waals surface area contributed by atoms with Crippen molar-refractivity contribution in [3.05, 3.63) is 28.2 Å². The zero-order valence-corrected chi connectivity index (χ0v) is 17.9. The molecule has 0 saturated heterocycles. The van der Waals surface area contributed by atoms with Crippen molar-refractivity contribution in [3.63, 3.8) is 0 Å². The molecule has 1 rings (SSSR count). The van der Waals surface area contributed by atoms with Gasteiger partial charge in [-0.25, -0.2) is 0 Å². The van der Waals surface area contributed by atoms with Crippen LogP contribution in [0, 0.1) is 0 Å². The van der Waals surface area contributed by atoms with Crippen LogP contribution in [-0.4, -0.2) is 53.1 Å². The molecule has 0 spiro atoms. The highest BCUT2D eigenvalue weighted by atomic mass is 79.9. The maximum Gasteiger partial charge on any atom is 0.324 e. The van der Waals surface area contributed by atoms with E-state index < -0.39 is 25.0 Å². The van der Waals surface area contributed by atoms with Crippen LogP contribution in [-0.2, 0) is 9.59 Å². The lowest BCUT2D eigenvalue weighted by Crippen LogP contribution is -2.30. The second-order valence-electron chi connectivity index (χ2n) is 6.51. The monoisotopic (exact) mass is 456 g/mol. The zero-order valence-electron chi connectivity index (χ0n) is 16.3. The molecule has 2 N–H and O–H groups in total. The Morgan fingerprint density at radius 1 is 1.07 bits per heavy atom. The molecule has 28 heavy (non-hydrogen) atoms. The summed E-state index contributed by atoms with van der Waals surface area (Å²) in [7, 11) is 0. The topological polar surface area (TPSA) is 99.4 Å². The number of aliphatic carboxylic acids is 2. The summed E-state index contributed by atoms with van der Waals surface area (Å²) < 4.78 is 6.56. The first-order valence-corrected chi connectivity index (χ1v) is 10.4. The lowest BCUT2D eigenvalue weighted by Gasteiger charge is -2.13. The molecule has 0 amide bonds. The van der Waals surface area contributed by atoms with Crippen molar-refractivity contribution >= 4 is 34.1 Å². The summed E-state index contributed by atoms with van der Waals surface area (Å²) in [5.41, 5.74) is 0.705. The van der Waals surface area contributed by atoms with E-state index in [9.17, 15) is 9.59 Å². The van der Waals surface area contributed by atoms with Crippen LogP contribution in [0.2, 0.25) is 0 Å². The molecule has 0 fully saturated rings. The molecular formula is C20H29BrN2O5. The van der Waals surface area contributed by atoms with Crippen LogP contribution in [0.25, 0.3) is 0 Å². The minimum atomic E-state index is -1.14. The number of carboxylic acid groups (broad SMARTS) is 2. The minimum absolute atomic E-state index is 0.483. The predicted octanol–water partition coefficient (Wildman–Crippen LogP) is 4.38. The van der Waals surface area contributed by atoms with Crippen molar-refractivity contribution < 1.29 is 24.5 Å². The number of nitrogens with zero attached hydrogens (tertiary/aromatic N) is 2. The third-order valence-corrected chi connectivity index (χ3v) is 4.59. The van der Waals surface area contributed by atoms with E-state index in [2.05, 4.69) is 28.0 Å². The van der Waals surface area contributed by atoms with E-state index in [-0.39, 0.29) is 0 Å². The molecule has 156 valence electrons. The van der Waals surface area contributed by atoms with Crippen molar-refractivity contribution in [2.45, 2.75) is 51.9 Å². The maximum absolute atomic E-state index is 10.8. The molecular weight excluding hydrogens is 428 g/mol. The normalized spacial score (nSPS) is 10.9. The Morgan fingerprint density at radius 2 is 1.68 bits per heavy atom. The quantitative estimate of drug-likeness (QED) is 0.230. The lowest BCUT2D eigenvalue weighted by molar-refractivity contribution is -0.141. The molecule has 0 heterocycles. The molecule has 1 aromatic carbocycles. The average Bonchev–Trinajstić information content (AvgIpc) is 2.62. The second-order valence-corrected chi connectivity index (χ2v) is 7.37. The Balaban J connectivity index is 2.47. The molecule has 7 nitrogen and oxygen atoms in total. The number of carboxylic acids is 2. The summed E-state index contributed by atoms with van der Waals surface area (Å²) in [6, 6.07) is 5.39. The smallest absolute Gasteiger partial charge is 0.324 e. The van der Waals surface area contributed by atoms with Crippen LogP contribution >= 0.6 is 15.9 Å². The van der Waals surface area contributed by atoms with Crippen LogP contribution in [0.5, 0.6) is 5.75 Å². The summed E-state index contributed by atoms with van der Waals surface area (Å²) >= 11 is 3.46. The van der Waals surface area contributed by atoms with Gasteiger partial charge in [0.15, 0.2) is 0 Å². The highest BCUT2D eigenvalue weighted by molar-refractivity contribution is 9.10. The van der Waals surface area contributed by atoms with Gasteiger partial charge < -0.3 is 14.9 Å². The van der Waals surface area contributed by atoms with Crippen molar-refractivity contribution in [2.24, 2.45) is 5.10 Å². The predicted molar refractivity (Wildman–Crippen MR) is 112 cm³/mol. The highest BCUT2D eigenvalue weighted by Gasteiger charge is 2.10. The Morgan fingerprint density at radius 3 is 2.25 bits per heavy atom. The fourth-order valence-electron chi connectivity index (χ4n) is 2.55. The molecule has 0 saturated carbocycles. The molecule has 0 unspecified atom stereocenters. The molecule has 0 atom stereocenters. The van der Waals surface area contributed by atoms with Crippen LogP contribution in [0.4, 0.5) is 0 Å². The maximum atomic E-state index is 10.8. The molecule has 0 aliphatic rings. The molecule has 0 aliphatic heterocycles. The summed E-state index contributed by atoms with van der Waals surface area (Å²) in [5, 5.41) is 22.6. The number of carbonyl (C=O) groups is 2. The van der Waals surface area contributed by atoms with Gasteiger partial charge in [0.25, 0.3) is 0 Å². The van der Waals surface area contributed by atoms with E-state index in [0.717, 1.165) is 28.1 Å². The Kier molecular flexibility index (Phi) is 12.0. The summed E-state index contributed by atoms with van der Waals surface area (Å²) in [6.07, 6.45) is 10.0. The lowest BCUT2D eigenvalue weighted by atomic mass is 10.1. The first kappa shape index (κ1) is 23.9. The van der Waals surface area contributed by atoms with E-state index in [1.807, 2.05) is 6.07 Å². The first-order valence-electron chi connectivity index (χ1n) is 9.57. The van der Waals surface area contributed by atoms with Crippen LogP contribution in [0.15, 0.2) is 27.8 Å². The van der Waals surface area contributed by atoms with Gasteiger partial charge in [-0.2, -0.15) is 5.10 Å². The van der Waals surface area contributed by atoms with Crippen molar-refractivity contribution in [1.29, 1.82) is 0 Å². The van der Waals surface area contributed by atoms with Crippen LogP contribution in [0.1, 0.15) is 57.4 Å². The molecule has 0 bridgehead atoms. The van der Waals surface area contributed by atoms with E-state index in [4.69, 9.17) is 14.9 Å². The Bertz CT molecular complexity index is 635. The minimum Gasteiger partial charge on any atom is -0.492 e. The van der Waals surface area contributed by atoms with Gasteiger partial charge in [0.05, 0.1) is 17.3 Å². The van der Waals surface area contributed by atoms with Gasteiger partial charge in [-0.05, 0) is 46.1 Å². The first-order chi connectivity index (χ1) is 13.4. The number of benzene rings is 1. The van der Waals surface area contributed by atoms with E-state index in [1.54, 1.807) is 12.1 Å². The van der Waals surface area contributed by atoms with Gasteiger partial charge in [-0.3, -0.25) is 14.6 Å². The van der Waals surface area contributed by atoms with Gasteiger partial charge in [0.2, 0.25) is 0 Å². The third kappa shape index (κ3) is 10.9. The highest BCUT2D eigenvalue weighted by Crippen LogP contribution is 2.26. The van der Waals surface area contributed by atoms with Gasteiger partial charge in [0.1, 0.15) is 18.8 Å². The fourth-order valence-corrected chi connectivity index (χ4v) is 3.06. The molecule has 8 heteroatoms. The van der Waals surface area contributed by atoms with Gasteiger partial charge in [0, 0.05) is 0 Å². The van der Waals surface area contributed by atoms with E-state index >= 15 is 0 Å². The number of hydrogen-bond acceptors (Lipinski definition) is 5. The number of hydrogen-bond donors (Lipinski definition) is 2. The number of halogens is 1. The number of hydrazone groups is 1. The number of ether oxygens (including phenoxy) is 1. The fraction of sp³-hybridized carbons (Fsp3) is 0.550. The van der Waals surface area contributed by atoms with E-state index in [0.29, 0.717) is 12.2 Å². The van der Waals surface area contributed by atoms with Crippen molar-refractivity contribution in [2.75, 3.05) is 19.7 Å². The van der Waals surface area contributed by atoms with Gasteiger partial charge in [-0.15, -0.1) is 0 Å². The van der Waals surface area contributed by atoms with Crippen LogP contribution < -0.4 is 4.74 Å². The Hall–Kier alpha value is -2.09. The average molecular weight is 457 g/mol. The van der Waals surface area contributed by atoms with Crippen molar-refractivity contribution in [1.82, 2.24) is 5.01 Å². The largest absolute Gasteiger partial charge is 0.492 e. The summed E-state index contributed by atoms with van der Waals surface area (Å²) in [5.74, 6) is -1.56. The summed E-state index contributed by atoms with van der Waals surface area (Å²) in [4.78, 5) is 21.6. The molecule has 0 aromatic heterocycles. The molecule has 0 radical (unpaired) electrons. The molecule has 0 aliphatic carbocycles. The van der Waals surface area contributed by atoms with Gasteiger partial charge >= 0.3 is 11.9 Å². The number of rotatable bonds is 15. The van der Waals surface area contributed by atoms with E-state index in [1.165, 1.54) is 38.3 Å². The Labute approximate surface area is 174 Å². The number of unbranched alkanes of at least 4 members (excludes halogenated alkanes) is 6.